The Hall–Kier alpha value is -1.71. The third kappa shape index (κ3) is 2.94. The van der Waals surface area contributed by atoms with Crippen LogP contribution in [0.15, 0.2) is 24.5 Å². The molecular formula is C14H18N2O2. The molecule has 0 aromatic carbocycles. The van der Waals surface area contributed by atoms with Crippen LogP contribution in [-0.2, 0) is 4.79 Å². The molecule has 0 aliphatic carbocycles. The lowest BCUT2D eigenvalue weighted by Gasteiger charge is -2.35. The van der Waals surface area contributed by atoms with E-state index in [2.05, 4.69) is 4.98 Å². The Morgan fingerprint density at radius 2 is 2.06 bits per heavy atom. The van der Waals surface area contributed by atoms with E-state index in [0.717, 1.165) is 25.8 Å². The Morgan fingerprint density at radius 1 is 1.33 bits per heavy atom. The summed E-state index contributed by atoms with van der Waals surface area (Å²) < 4.78 is 0. The van der Waals surface area contributed by atoms with Gasteiger partial charge in [-0.25, -0.2) is 0 Å². The number of carbonyl (C=O) groups excluding carboxylic acids is 2. The summed E-state index contributed by atoms with van der Waals surface area (Å²) in [7, 11) is 0. The standard InChI is InChI=1S/C14H18N2O2/c1-11(17)10-13-4-2-3-9-16(13)14(18)12-5-7-15-8-6-12/h5-8,13H,2-4,9-10H2,1H3. The van der Waals surface area contributed by atoms with Gasteiger partial charge in [0.15, 0.2) is 0 Å². The molecule has 1 aromatic heterocycles. The highest BCUT2D eigenvalue weighted by molar-refractivity contribution is 5.94. The maximum Gasteiger partial charge on any atom is 0.254 e. The van der Waals surface area contributed by atoms with Crippen LogP contribution in [0.2, 0.25) is 0 Å². The summed E-state index contributed by atoms with van der Waals surface area (Å²) in [6, 6.07) is 3.51. The van der Waals surface area contributed by atoms with Crippen molar-refractivity contribution in [2.24, 2.45) is 0 Å². The number of hydrogen-bond donors (Lipinski definition) is 0. The molecule has 1 aliphatic rings. The second-order valence-corrected chi connectivity index (χ2v) is 4.79. The van der Waals surface area contributed by atoms with Crippen molar-refractivity contribution in [2.75, 3.05) is 6.54 Å². The average Bonchev–Trinajstić information content (AvgIpc) is 2.39. The molecule has 0 spiro atoms. The summed E-state index contributed by atoms with van der Waals surface area (Å²) in [6.07, 6.45) is 6.75. The van der Waals surface area contributed by atoms with Crippen molar-refractivity contribution in [1.82, 2.24) is 9.88 Å². The molecule has 1 aliphatic heterocycles. The molecule has 18 heavy (non-hydrogen) atoms. The highest BCUT2D eigenvalue weighted by Gasteiger charge is 2.28. The molecule has 1 fully saturated rings. The summed E-state index contributed by atoms with van der Waals surface area (Å²) in [5.41, 5.74) is 0.653. The van der Waals surface area contributed by atoms with Crippen LogP contribution in [0.3, 0.4) is 0 Å². The first-order valence-corrected chi connectivity index (χ1v) is 6.39. The fourth-order valence-corrected chi connectivity index (χ4v) is 2.47. The van der Waals surface area contributed by atoms with Crippen LogP contribution in [0.1, 0.15) is 43.0 Å². The molecule has 4 nitrogen and oxygen atoms in total. The minimum Gasteiger partial charge on any atom is -0.335 e. The lowest BCUT2D eigenvalue weighted by atomic mass is 9.97. The van der Waals surface area contributed by atoms with E-state index >= 15 is 0 Å². The molecular weight excluding hydrogens is 228 g/mol. The Morgan fingerprint density at radius 3 is 2.72 bits per heavy atom. The number of piperidine rings is 1. The fourth-order valence-electron chi connectivity index (χ4n) is 2.47. The van der Waals surface area contributed by atoms with Crippen LogP contribution < -0.4 is 0 Å². The Labute approximate surface area is 107 Å². The maximum absolute atomic E-state index is 12.4. The van der Waals surface area contributed by atoms with Crippen molar-refractivity contribution in [3.8, 4) is 0 Å². The van der Waals surface area contributed by atoms with Gasteiger partial charge in [-0.15, -0.1) is 0 Å². The largest absolute Gasteiger partial charge is 0.335 e. The van der Waals surface area contributed by atoms with Gasteiger partial charge in [0.1, 0.15) is 5.78 Å². The van der Waals surface area contributed by atoms with Crippen LogP contribution >= 0.6 is 0 Å². The average molecular weight is 246 g/mol. The van der Waals surface area contributed by atoms with Crippen LogP contribution in [0.5, 0.6) is 0 Å². The Balaban J connectivity index is 2.13. The van der Waals surface area contributed by atoms with E-state index < -0.39 is 0 Å². The minimum atomic E-state index is 0.0170. The smallest absolute Gasteiger partial charge is 0.254 e. The first-order valence-electron chi connectivity index (χ1n) is 6.39. The number of rotatable bonds is 3. The molecule has 1 aromatic rings. The maximum atomic E-state index is 12.4. The summed E-state index contributed by atoms with van der Waals surface area (Å²) in [5, 5.41) is 0. The van der Waals surface area contributed by atoms with E-state index in [1.165, 1.54) is 0 Å². The number of likely N-dealkylation sites (tertiary alicyclic amines) is 1. The zero-order valence-corrected chi connectivity index (χ0v) is 10.6. The van der Waals surface area contributed by atoms with Crippen molar-refractivity contribution in [1.29, 1.82) is 0 Å². The number of aromatic nitrogens is 1. The van der Waals surface area contributed by atoms with Gasteiger partial charge in [-0.2, -0.15) is 0 Å². The molecule has 1 atom stereocenters. The van der Waals surface area contributed by atoms with E-state index in [9.17, 15) is 9.59 Å². The molecule has 1 amide bonds. The van der Waals surface area contributed by atoms with Gasteiger partial charge in [0.25, 0.3) is 5.91 Å². The number of carbonyl (C=O) groups is 2. The number of hydrogen-bond acceptors (Lipinski definition) is 3. The molecule has 96 valence electrons. The molecule has 0 bridgehead atoms. The van der Waals surface area contributed by atoms with Crippen LogP contribution in [0.4, 0.5) is 0 Å². The van der Waals surface area contributed by atoms with Gasteiger partial charge in [-0.1, -0.05) is 0 Å². The van der Waals surface area contributed by atoms with E-state index in [1.807, 2.05) is 4.90 Å². The summed E-state index contributed by atoms with van der Waals surface area (Å²) in [6.45, 7) is 2.34. The van der Waals surface area contributed by atoms with Gasteiger partial charge >= 0.3 is 0 Å². The second kappa shape index (κ2) is 5.76. The summed E-state index contributed by atoms with van der Waals surface area (Å²) in [4.78, 5) is 29.4. The SMILES string of the molecule is CC(=O)CC1CCCCN1C(=O)c1ccncc1. The summed E-state index contributed by atoms with van der Waals surface area (Å²) in [5.74, 6) is 0.165. The lowest BCUT2D eigenvalue weighted by Crippen LogP contribution is -2.44. The van der Waals surface area contributed by atoms with E-state index in [4.69, 9.17) is 0 Å². The first-order chi connectivity index (χ1) is 8.68. The minimum absolute atomic E-state index is 0.0170. The quantitative estimate of drug-likeness (QED) is 0.820. The molecule has 0 radical (unpaired) electrons. The van der Waals surface area contributed by atoms with Gasteiger partial charge in [0.2, 0.25) is 0 Å². The van der Waals surface area contributed by atoms with Crippen molar-refractivity contribution < 1.29 is 9.59 Å². The zero-order chi connectivity index (χ0) is 13.0. The second-order valence-electron chi connectivity index (χ2n) is 4.79. The molecule has 1 saturated heterocycles. The van der Waals surface area contributed by atoms with Crippen LogP contribution in [-0.4, -0.2) is 34.2 Å². The van der Waals surface area contributed by atoms with Crippen molar-refractivity contribution in [3.05, 3.63) is 30.1 Å². The Bertz CT molecular complexity index is 431. The third-order valence-corrected chi connectivity index (χ3v) is 3.34. The number of amides is 1. The predicted octanol–water partition coefficient (Wildman–Crippen LogP) is 2.06. The van der Waals surface area contributed by atoms with Crippen molar-refractivity contribution in [2.45, 2.75) is 38.6 Å². The first kappa shape index (κ1) is 12.7. The van der Waals surface area contributed by atoms with E-state index in [1.54, 1.807) is 31.5 Å². The van der Waals surface area contributed by atoms with Crippen LogP contribution in [0, 0.1) is 0 Å². The summed E-state index contributed by atoms with van der Waals surface area (Å²) >= 11 is 0. The fraction of sp³-hybridized carbons (Fsp3) is 0.500. The lowest BCUT2D eigenvalue weighted by molar-refractivity contribution is -0.118. The van der Waals surface area contributed by atoms with Gasteiger partial charge in [0, 0.05) is 37.0 Å². The predicted molar refractivity (Wildman–Crippen MR) is 68.2 cm³/mol. The zero-order valence-electron chi connectivity index (χ0n) is 10.6. The van der Waals surface area contributed by atoms with Crippen molar-refractivity contribution in [3.63, 3.8) is 0 Å². The molecule has 0 saturated carbocycles. The van der Waals surface area contributed by atoms with Gasteiger partial charge in [-0.05, 0) is 38.3 Å². The monoisotopic (exact) mass is 246 g/mol. The van der Waals surface area contributed by atoms with E-state index in [-0.39, 0.29) is 17.7 Å². The molecule has 4 heteroatoms. The number of pyridine rings is 1. The highest BCUT2D eigenvalue weighted by atomic mass is 16.2. The Kier molecular flexibility index (Phi) is 4.07. The normalized spacial score (nSPS) is 19.6. The topological polar surface area (TPSA) is 50.3 Å². The molecule has 0 N–H and O–H groups in total. The number of Topliss-reactive ketones (excluding diaryl/α,β-unsaturated/α-hetero) is 1. The van der Waals surface area contributed by atoms with Gasteiger partial charge in [0.05, 0.1) is 0 Å². The molecule has 1 unspecified atom stereocenters. The number of ketones is 1. The van der Waals surface area contributed by atoms with E-state index in [0.29, 0.717) is 12.0 Å². The molecule has 2 heterocycles. The highest BCUT2D eigenvalue weighted by Crippen LogP contribution is 2.22. The van der Waals surface area contributed by atoms with Gasteiger partial charge < -0.3 is 4.90 Å². The van der Waals surface area contributed by atoms with Crippen LogP contribution in [0.25, 0.3) is 0 Å². The molecule has 2 rings (SSSR count). The number of nitrogens with zero attached hydrogens (tertiary/aromatic N) is 2. The third-order valence-electron chi connectivity index (χ3n) is 3.34. The van der Waals surface area contributed by atoms with Gasteiger partial charge in [-0.3, -0.25) is 14.6 Å². The van der Waals surface area contributed by atoms with Crippen molar-refractivity contribution >= 4 is 11.7 Å².